The second-order valence-electron chi connectivity index (χ2n) is 7.08. The maximum atomic E-state index is 5.44. The average Bonchev–Trinajstić information content (AvgIpc) is 3.49. The number of rotatable bonds is 9. The first-order valence-electron chi connectivity index (χ1n) is 9.78. The minimum Gasteiger partial charge on any atom is -0.338 e. The summed E-state index contributed by atoms with van der Waals surface area (Å²) in [6.45, 7) is 2.89. The molecule has 7 nitrogen and oxygen atoms in total. The van der Waals surface area contributed by atoms with Crippen LogP contribution in [0.5, 0.6) is 0 Å². The van der Waals surface area contributed by atoms with Crippen LogP contribution < -0.4 is 0 Å². The molecule has 0 radical (unpaired) electrons. The van der Waals surface area contributed by atoms with Crippen LogP contribution >= 0.6 is 23.1 Å². The van der Waals surface area contributed by atoms with E-state index in [4.69, 9.17) is 4.52 Å². The molecule has 0 amide bonds. The molecule has 3 aromatic heterocycles. The molecule has 4 rings (SSSR count). The molecule has 156 valence electrons. The van der Waals surface area contributed by atoms with Crippen molar-refractivity contribution in [1.29, 1.82) is 0 Å². The summed E-state index contributed by atoms with van der Waals surface area (Å²) in [6.07, 6.45) is 0.957. The number of hydrogen-bond donors (Lipinski definition) is 0. The van der Waals surface area contributed by atoms with Crippen molar-refractivity contribution in [2.24, 2.45) is 0 Å². The lowest BCUT2D eigenvalue weighted by atomic mass is 10.2. The van der Waals surface area contributed by atoms with Crippen LogP contribution in [0.1, 0.15) is 36.7 Å². The third-order valence-corrected chi connectivity index (χ3v) is 6.59. The fourth-order valence-corrected chi connectivity index (χ4v) is 4.72. The highest BCUT2D eigenvalue weighted by atomic mass is 32.2. The largest absolute Gasteiger partial charge is 0.338 e. The standard InChI is InChI=1S/C21H24N6OS2/c1-4-16(26(2)3)20-23-24-21(27(20)13-15-9-6-5-7-10-15)30-14-18-22-19(25-28-18)17-11-8-12-29-17/h5-12,16H,4,13-14H2,1-3H3/t16-/m0/s1. The average molecular weight is 441 g/mol. The molecule has 0 aliphatic carbocycles. The molecule has 0 fully saturated rings. The number of nitrogens with zero attached hydrogens (tertiary/aromatic N) is 6. The van der Waals surface area contributed by atoms with Crippen LogP contribution in [0.15, 0.2) is 57.5 Å². The van der Waals surface area contributed by atoms with E-state index in [1.807, 2.05) is 23.6 Å². The number of aromatic nitrogens is 5. The first kappa shape index (κ1) is 20.8. The molecule has 3 heterocycles. The second-order valence-corrected chi connectivity index (χ2v) is 8.97. The molecule has 0 saturated carbocycles. The van der Waals surface area contributed by atoms with Crippen LogP contribution in [0.3, 0.4) is 0 Å². The molecule has 4 aromatic rings. The Morgan fingerprint density at radius 3 is 2.67 bits per heavy atom. The molecule has 0 unspecified atom stereocenters. The molecule has 0 bridgehead atoms. The van der Waals surface area contributed by atoms with Gasteiger partial charge in [0.2, 0.25) is 11.7 Å². The predicted molar refractivity (Wildman–Crippen MR) is 119 cm³/mol. The SMILES string of the molecule is CC[C@@H](c1nnc(SCc2nc(-c3cccs3)no2)n1Cc1ccccc1)N(C)C. The van der Waals surface area contributed by atoms with E-state index < -0.39 is 0 Å². The molecular formula is C21H24N6OS2. The molecule has 1 atom stereocenters. The van der Waals surface area contributed by atoms with Crippen molar-refractivity contribution >= 4 is 23.1 Å². The van der Waals surface area contributed by atoms with Crippen molar-refractivity contribution in [3.8, 4) is 10.7 Å². The highest BCUT2D eigenvalue weighted by Crippen LogP contribution is 2.29. The quantitative estimate of drug-likeness (QED) is 0.348. The van der Waals surface area contributed by atoms with E-state index in [-0.39, 0.29) is 6.04 Å². The number of thiophene rings is 1. The van der Waals surface area contributed by atoms with Gasteiger partial charge in [-0.25, -0.2) is 0 Å². The van der Waals surface area contributed by atoms with Gasteiger partial charge >= 0.3 is 0 Å². The lowest BCUT2D eigenvalue weighted by Crippen LogP contribution is -2.23. The number of thioether (sulfide) groups is 1. The monoisotopic (exact) mass is 440 g/mol. The minimum absolute atomic E-state index is 0.199. The molecule has 0 aliphatic heterocycles. The van der Waals surface area contributed by atoms with E-state index in [0.717, 1.165) is 28.8 Å². The van der Waals surface area contributed by atoms with Gasteiger partial charge in [-0.15, -0.1) is 21.5 Å². The zero-order valence-corrected chi connectivity index (χ0v) is 18.9. The maximum Gasteiger partial charge on any atom is 0.237 e. The van der Waals surface area contributed by atoms with Gasteiger partial charge in [0.15, 0.2) is 11.0 Å². The van der Waals surface area contributed by atoms with E-state index in [1.54, 1.807) is 23.1 Å². The molecule has 9 heteroatoms. The molecule has 0 N–H and O–H groups in total. The number of hydrogen-bond acceptors (Lipinski definition) is 8. The Bertz CT molecular complexity index is 1060. The summed E-state index contributed by atoms with van der Waals surface area (Å²) in [6, 6.07) is 14.6. The molecule has 0 spiro atoms. The Morgan fingerprint density at radius 2 is 1.97 bits per heavy atom. The van der Waals surface area contributed by atoms with Gasteiger partial charge < -0.3 is 9.09 Å². The highest BCUT2D eigenvalue weighted by molar-refractivity contribution is 7.98. The Hall–Kier alpha value is -2.49. The Morgan fingerprint density at radius 1 is 1.13 bits per heavy atom. The van der Waals surface area contributed by atoms with E-state index in [0.29, 0.717) is 17.5 Å². The summed E-state index contributed by atoms with van der Waals surface area (Å²) in [5.41, 5.74) is 1.21. The van der Waals surface area contributed by atoms with Crippen LogP contribution in [0.2, 0.25) is 0 Å². The maximum absolute atomic E-state index is 5.44. The van der Waals surface area contributed by atoms with Crippen molar-refractivity contribution in [1.82, 2.24) is 29.8 Å². The van der Waals surface area contributed by atoms with Gasteiger partial charge in [0.25, 0.3) is 0 Å². The lowest BCUT2D eigenvalue weighted by molar-refractivity contribution is 0.272. The van der Waals surface area contributed by atoms with Gasteiger partial charge in [0.1, 0.15) is 0 Å². The molecule has 1 aromatic carbocycles. The van der Waals surface area contributed by atoms with E-state index in [9.17, 15) is 0 Å². The molecular weight excluding hydrogens is 416 g/mol. The van der Waals surface area contributed by atoms with E-state index >= 15 is 0 Å². The Balaban J connectivity index is 1.57. The summed E-state index contributed by atoms with van der Waals surface area (Å²) < 4.78 is 7.64. The van der Waals surface area contributed by atoms with E-state index in [2.05, 4.69) is 75.1 Å². The zero-order valence-electron chi connectivity index (χ0n) is 17.2. The molecule has 0 aliphatic rings. The topological polar surface area (TPSA) is 72.9 Å². The summed E-state index contributed by atoms with van der Waals surface area (Å²) >= 11 is 3.16. The van der Waals surface area contributed by atoms with E-state index in [1.165, 1.54) is 5.56 Å². The van der Waals surface area contributed by atoms with Crippen molar-refractivity contribution in [2.45, 2.75) is 36.8 Å². The summed E-state index contributed by atoms with van der Waals surface area (Å²) in [7, 11) is 4.15. The Labute approximate surface area is 184 Å². The van der Waals surface area contributed by atoms with Gasteiger partial charge in [0, 0.05) is 0 Å². The summed E-state index contributed by atoms with van der Waals surface area (Å²) in [5.74, 6) is 2.73. The van der Waals surface area contributed by atoms with Crippen molar-refractivity contribution < 1.29 is 4.52 Å². The first-order chi connectivity index (χ1) is 14.7. The van der Waals surface area contributed by atoms with Crippen LogP contribution in [-0.4, -0.2) is 43.9 Å². The predicted octanol–water partition coefficient (Wildman–Crippen LogP) is 4.74. The fourth-order valence-electron chi connectivity index (χ4n) is 3.29. The van der Waals surface area contributed by atoms with Crippen LogP contribution in [0, 0.1) is 0 Å². The highest BCUT2D eigenvalue weighted by Gasteiger charge is 2.22. The first-order valence-corrected chi connectivity index (χ1v) is 11.6. The molecule has 0 saturated heterocycles. The van der Waals surface area contributed by atoms with Crippen molar-refractivity contribution in [3.63, 3.8) is 0 Å². The third kappa shape index (κ3) is 4.63. The van der Waals surface area contributed by atoms with Crippen LogP contribution in [0.4, 0.5) is 0 Å². The van der Waals surface area contributed by atoms with Gasteiger partial charge in [-0.1, -0.05) is 60.2 Å². The smallest absolute Gasteiger partial charge is 0.237 e. The van der Waals surface area contributed by atoms with Gasteiger partial charge in [-0.05, 0) is 37.5 Å². The normalized spacial score (nSPS) is 12.5. The van der Waals surface area contributed by atoms with Gasteiger partial charge in [0.05, 0.1) is 23.2 Å². The summed E-state index contributed by atoms with van der Waals surface area (Å²) in [5, 5.41) is 16.0. The van der Waals surface area contributed by atoms with Crippen molar-refractivity contribution in [2.75, 3.05) is 14.1 Å². The minimum atomic E-state index is 0.199. The molecule has 30 heavy (non-hydrogen) atoms. The van der Waals surface area contributed by atoms with Gasteiger partial charge in [-0.3, -0.25) is 4.90 Å². The second kappa shape index (κ2) is 9.55. The lowest BCUT2D eigenvalue weighted by Gasteiger charge is -2.23. The Kier molecular flexibility index (Phi) is 6.61. The third-order valence-electron chi connectivity index (χ3n) is 4.77. The summed E-state index contributed by atoms with van der Waals surface area (Å²) in [4.78, 5) is 7.70. The van der Waals surface area contributed by atoms with Crippen LogP contribution in [-0.2, 0) is 12.3 Å². The fraction of sp³-hybridized carbons (Fsp3) is 0.333. The van der Waals surface area contributed by atoms with Crippen molar-refractivity contribution in [3.05, 3.63) is 65.1 Å². The van der Waals surface area contributed by atoms with Crippen LogP contribution in [0.25, 0.3) is 10.7 Å². The zero-order chi connectivity index (χ0) is 20.9. The number of benzene rings is 1. The van der Waals surface area contributed by atoms with Gasteiger partial charge in [-0.2, -0.15) is 4.98 Å².